The van der Waals surface area contributed by atoms with Crippen LogP contribution in [0.25, 0.3) is 0 Å². The minimum absolute atomic E-state index is 0.115. The van der Waals surface area contributed by atoms with Gasteiger partial charge in [-0.25, -0.2) is 8.42 Å². The second-order valence-corrected chi connectivity index (χ2v) is 9.75. The van der Waals surface area contributed by atoms with Gasteiger partial charge in [0.2, 0.25) is 10.0 Å². The molecule has 1 fully saturated rings. The molecule has 0 spiro atoms. The molecule has 2 aromatic rings. The standard InChI is InChI=1S/C23H31N3O3S/c1-19-11-12-22(24-30(2,28)29)21(18-19)23(27)26-15-7-14-25(16-17-26)13-6-10-20-8-4-3-5-9-20/h3-5,8-9,11-12,18,24H,6-7,10,13-17H2,1-2H3. The van der Waals surface area contributed by atoms with Crippen LogP contribution in [0.4, 0.5) is 5.69 Å². The molecule has 30 heavy (non-hydrogen) atoms. The van der Waals surface area contributed by atoms with Crippen LogP contribution in [0.5, 0.6) is 0 Å². The van der Waals surface area contributed by atoms with E-state index in [2.05, 4.69) is 33.9 Å². The maximum Gasteiger partial charge on any atom is 0.256 e. The first-order valence-electron chi connectivity index (χ1n) is 10.5. The molecule has 0 aromatic heterocycles. The van der Waals surface area contributed by atoms with E-state index < -0.39 is 10.0 Å². The predicted molar refractivity (Wildman–Crippen MR) is 121 cm³/mol. The van der Waals surface area contributed by atoms with E-state index >= 15 is 0 Å². The Morgan fingerprint density at radius 3 is 2.53 bits per heavy atom. The van der Waals surface area contributed by atoms with Crippen LogP contribution in [0.2, 0.25) is 0 Å². The number of sulfonamides is 1. The molecule has 0 radical (unpaired) electrons. The second kappa shape index (κ2) is 10.1. The van der Waals surface area contributed by atoms with Crippen LogP contribution in [-0.2, 0) is 16.4 Å². The van der Waals surface area contributed by atoms with Gasteiger partial charge >= 0.3 is 0 Å². The lowest BCUT2D eigenvalue weighted by atomic mass is 10.1. The van der Waals surface area contributed by atoms with E-state index in [1.54, 1.807) is 18.2 Å². The molecule has 1 saturated heterocycles. The number of carbonyl (C=O) groups excluding carboxylic acids is 1. The Kier molecular flexibility index (Phi) is 7.50. The van der Waals surface area contributed by atoms with Gasteiger partial charge in [0, 0.05) is 19.6 Å². The average Bonchev–Trinajstić information content (AvgIpc) is 2.94. The van der Waals surface area contributed by atoms with Crippen molar-refractivity contribution in [2.24, 2.45) is 0 Å². The van der Waals surface area contributed by atoms with Crippen molar-refractivity contribution in [3.8, 4) is 0 Å². The summed E-state index contributed by atoms with van der Waals surface area (Å²) < 4.78 is 25.9. The zero-order chi connectivity index (χ0) is 21.6. The number of carbonyl (C=O) groups is 1. The van der Waals surface area contributed by atoms with Gasteiger partial charge in [-0.2, -0.15) is 0 Å². The fraction of sp³-hybridized carbons (Fsp3) is 0.435. The van der Waals surface area contributed by atoms with E-state index in [0.717, 1.165) is 50.7 Å². The topological polar surface area (TPSA) is 69.7 Å². The number of hydrogen-bond acceptors (Lipinski definition) is 4. The molecule has 0 saturated carbocycles. The van der Waals surface area contributed by atoms with E-state index in [4.69, 9.17) is 0 Å². The summed E-state index contributed by atoms with van der Waals surface area (Å²) in [5, 5.41) is 0. The third kappa shape index (κ3) is 6.57. The van der Waals surface area contributed by atoms with Crippen LogP contribution in [0.3, 0.4) is 0 Å². The minimum Gasteiger partial charge on any atom is -0.337 e. The van der Waals surface area contributed by atoms with Crippen molar-refractivity contribution in [2.45, 2.75) is 26.2 Å². The van der Waals surface area contributed by atoms with Crippen molar-refractivity contribution in [1.82, 2.24) is 9.80 Å². The molecule has 1 aliphatic rings. The molecule has 6 nitrogen and oxygen atoms in total. The summed E-state index contributed by atoms with van der Waals surface area (Å²) >= 11 is 0. The Morgan fingerprint density at radius 2 is 1.80 bits per heavy atom. The molecule has 1 amide bonds. The first kappa shape index (κ1) is 22.3. The van der Waals surface area contributed by atoms with Gasteiger partial charge in [0.05, 0.1) is 17.5 Å². The van der Waals surface area contributed by atoms with E-state index in [1.807, 2.05) is 17.9 Å². The van der Waals surface area contributed by atoms with Gasteiger partial charge in [0.25, 0.3) is 5.91 Å². The summed E-state index contributed by atoms with van der Waals surface area (Å²) in [7, 11) is -3.45. The maximum absolute atomic E-state index is 13.2. The molecule has 3 rings (SSSR count). The van der Waals surface area contributed by atoms with Crippen molar-refractivity contribution in [3.63, 3.8) is 0 Å². The summed E-state index contributed by atoms with van der Waals surface area (Å²) in [6.07, 6.45) is 4.17. The summed E-state index contributed by atoms with van der Waals surface area (Å²) in [5.74, 6) is -0.115. The van der Waals surface area contributed by atoms with Gasteiger partial charge in [0.1, 0.15) is 0 Å². The lowest BCUT2D eigenvalue weighted by Crippen LogP contribution is -2.36. The predicted octanol–water partition coefficient (Wildman–Crippen LogP) is 3.15. The lowest BCUT2D eigenvalue weighted by molar-refractivity contribution is 0.0762. The fourth-order valence-electron chi connectivity index (χ4n) is 3.84. The Balaban J connectivity index is 1.60. The van der Waals surface area contributed by atoms with E-state index in [9.17, 15) is 13.2 Å². The molecule has 1 aliphatic heterocycles. The molecule has 0 unspecified atom stereocenters. The van der Waals surface area contributed by atoms with E-state index in [1.165, 1.54) is 5.56 Å². The third-order valence-corrected chi connectivity index (χ3v) is 5.95. The lowest BCUT2D eigenvalue weighted by Gasteiger charge is -2.23. The monoisotopic (exact) mass is 429 g/mol. The molecule has 2 aromatic carbocycles. The highest BCUT2D eigenvalue weighted by Crippen LogP contribution is 2.21. The van der Waals surface area contributed by atoms with Gasteiger partial charge < -0.3 is 9.80 Å². The zero-order valence-electron chi connectivity index (χ0n) is 17.8. The molecular weight excluding hydrogens is 398 g/mol. The molecule has 7 heteroatoms. The fourth-order valence-corrected chi connectivity index (χ4v) is 4.42. The highest BCUT2D eigenvalue weighted by atomic mass is 32.2. The number of hydrogen-bond donors (Lipinski definition) is 1. The number of amides is 1. The minimum atomic E-state index is -3.45. The van der Waals surface area contributed by atoms with E-state index in [-0.39, 0.29) is 5.91 Å². The quantitative estimate of drug-likeness (QED) is 0.734. The molecule has 1 heterocycles. The first-order valence-corrected chi connectivity index (χ1v) is 12.3. The number of nitrogens with zero attached hydrogens (tertiary/aromatic N) is 2. The van der Waals surface area contributed by atoms with Gasteiger partial charge in [-0.15, -0.1) is 0 Å². The van der Waals surface area contributed by atoms with Crippen LogP contribution in [0, 0.1) is 6.92 Å². The average molecular weight is 430 g/mol. The van der Waals surface area contributed by atoms with Gasteiger partial charge in [-0.1, -0.05) is 42.0 Å². The number of rotatable bonds is 7. The molecule has 0 atom stereocenters. The Hall–Kier alpha value is -2.38. The third-order valence-electron chi connectivity index (χ3n) is 5.36. The van der Waals surface area contributed by atoms with Gasteiger partial charge in [-0.3, -0.25) is 9.52 Å². The highest BCUT2D eigenvalue weighted by Gasteiger charge is 2.23. The largest absolute Gasteiger partial charge is 0.337 e. The maximum atomic E-state index is 13.2. The number of benzene rings is 2. The zero-order valence-corrected chi connectivity index (χ0v) is 18.6. The number of aryl methyl sites for hydroxylation is 2. The SMILES string of the molecule is Cc1ccc(NS(C)(=O)=O)c(C(=O)N2CCCN(CCCc3ccccc3)CC2)c1. The van der Waals surface area contributed by atoms with Crippen molar-refractivity contribution >= 4 is 21.6 Å². The molecule has 0 bridgehead atoms. The first-order chi connectivity index (χ1) is 14.3. The van der Waals surface area contributed by atoms with Crippen molar-refractivity contribution in [3.05, 3.63) is 65.2 Å². The normalized spacial score (nSPS) is 15.6. The molecule has 162 valence electrons. The van der Waals surface area contributed by atoms with Crippen LogP contribution < -0.4 is 4.72 Å². The summed E-state index contributed by atoms with van der Waals surface area (Å²) in [6, 6.07) is 15.7. The molecular formula is C23H31N3O3S. The van der Waals surface area contributed by atoms with Crippen LogP contribution >= 0.6 is 0 Å². The summed E-state index contributed by atoms with van der Waals surface area (Å²) in [6.45, 7) is 6.05. The van der Waals surface area contributed by atoms with Gasteiger partial charge in [0.15, 0.2) is 0 Å². The van der Waals surface area contributed by atoms with Crippen LogP contribution in [0.1, 0.15) is 34.3 Å². The highest BCUT2D eigenvalue weighted by molar-refractivity contribution is 7.92. The number of anilines is 1. The van der Waals surface area contributed by atoms with Crippen molar-refractivity contribution < 1.29 is 13.2 Å². The van der Waals surface area contributed by atoms with Crippen LogP contribution in [-0.4, -0.2) is 63.1 Å². The smallest absolute Gasteiger partial charge is 0.256 e. The Bertz CT molecular complexity index is 961. The number of nitrogens with one attached hydrogen (secondary N) is 1. The second-order valence-electron chi connectivity index (χ2n) is 8.00. The van der Waals surface area contributed by atoms with Crippen molar-refractivity contribution in [2.75, 3.05) is 43.7 Å². The van der Waals surface area contributed by atoms with Crippen LogP contribution in [0.15, 0.2) is 48.5 Å². The van der Waals surface area contributed by atoms with Crippen molar-refractivity contribution in [1.29, 1.82) is 0 Å². The Morgan fingerprint density at radius 1 is 1.03 bits per heavy atom. The van der Waals surface area contributed by atoms with Gasteiger partial charge in [-0.05, 0) is 57.0 Å². The Labute approximate surface area is 179 Å². The molecule has 0 aliphatic carbocycles. The molecule has 1 N–H and O–H groups in total. The summed E-state index contributed by atoms with van der Waals surface area (Å²) in [5.41, 5.74) is 3.04. The summed E-state index contributed by atoms with van der Waals surface area (Å²) in [4.78, 5) is 17.5. The van der Waals surface area contributed by atoms with E-state index in [0.29, 0.717) is 24.3 Å².